The van der Waals surface area contributed by atoms with Crippen LogP contribution in [0, 0.1) is 5.41 Å². The van der Waals surface area contributed by atoms with Gasteiger partial charge in [-0.2, -0.15) is 0 Å². The summed E-state index contributed by atoms with van der Waals surface area (Å²) < 4.78 is 15.8. The van der Waals surface area contributed by atoms with Crippen LogP contribution < -0.4 is 9.47 Å². The smallest absolute Gasteiger partial charge is 0.319 e. The van der Waals surface area contributed by atoms with Gasteiger partial charge in [-0.3, -0.25) is 9.59 Å². The highest BCUT2D eigenvalue weighted by Gasteiger charge is 2.47. The minimum atomic E-state index is -0.932. The summed E-state index contributed by atoms with van der Waals surface area (Å²) in [6.45, 7) is 2.42. The monoisotopic (exact) mass is 386 g/mol. The van der Waals surface area contributed by atoms with Crippen molar-refractivity contribution in [3.63, 3.8) is 0 Å². The molecule has 0 radical (unpaired) electrons. The highest BCUT2D eigenvalue weighted by Crippen LogP contribution is 2.40. The molecule has 1 aromatic rings. The maximum Gasteiger partial charge on any atom is 0.319 e. The molecule has 2 aliphatic rings. The first kappa shape index (κ1) is 20.4. The number of ether oxygens (including phenoxy) is 3. The Labute approximate surface area is 167 Å². The maximum absolute atomic E-state index is 12.6. The molecule has 0 bridgehead atoms. The number of hydrogen-bond acceptors (Lipinski definition) is 5. The molecule has 0 aromatic heterocycles. The van der Waals surface area contributed by atoms with Gasteiger partial charge in [-0.25, -0.2) is 0 Å². The van der Waals surface area contributed by atoms with Crippen molar-refractivity contribution < 1.29 is 23.8 Å². The van der Waals surface area contributed by atoms with Gasteiger partial charge in [0.05, 0.1) is 7.11 Å². The van der Waals surface area contributed by atoms with Crippen LogP contribution in [-0.2, 0) is 20.7 Å². The Morgan fingerprint density at radius 1 is 1.25 bits per heavy atom. The summed E-state index contributed by atoms with van der Waals surface area (Å²) in [5.74, 6) is 1.32. The summed E-state index contributed by atoms with van der Waals surface area (Å²) in [6, 6.07) is 6.06. The second-order valence-corrected chi connectivity index (χ2v) is 7.65. The molecule has 0 amide bonds. The molecule has 1 aliphatic carbocycles. The Bertz CT molecular complexity index is 741. The van der Waals surface area contributed by atoms with E-state index in [-0.39, 0.29) is 11.8 Å². The van der Waals surface area contributed by atoms with Crippen LogP contribution in [0.25, 0.3) is 0 Å². The lowest BCUT2D eigenvalue weighted by molar-refractivity contribution is -0.160. The molecule has 1 aromatic carbocycles. The van der Waals surface area contributed by atoms with Crippen LogP contribution in [-0.4, -0.2) is 25.7 Å². The molecule has 1 saturated carbocycles. The predicted octanol–water partition coefficient (Wildman–Crippen LogP) is 4.77. The molecular formula is C23H30O5. The van der Waals surface area contributed by atoms with Crippen molar-refractivity contribution in [1.82, 2.24) is 0 Å². The van der Waals surface area contributed by atoms with Gasteiger partial charge < -0.3 is 14.2 Å². The summed E-state index contributed by atoms with van der Waals surface area (Å²) in [6.07, 6.45) is 9.23. The lowest BCUT2D eigenvalue weighted by Crippen LogP contribution is -2.42. The number of Topliss-reactive ketones (excluding diaryl/α,β-unsaturated/α-hetero) is 1. The summed E-state index contributed by atoms with van der Waals surface area (Å²) in [5, 5.41) is 0. The van der Waals surface area contributed by atoms with Crippen molar-refractivity contribution in [2.75, 3.05) is 13.9 Å². The Morgan fingerprint density at radius 3 is 2.82 bits per heavy atom. The van der Waals surface area contributed by atoms with Gasteiger partial charge in [0.15, 0.2) is 11.5 Å². The number of aryl methyl sites for hydroxylation is 1. The quantitative estimate of drug-likeness (QED) is 0.366. The number of esters is 1. The van der Waals surface area contributed by atoms with Crippen LogP contribution in [0.4, 0.5) is 0 Å². The minimum Gasteiger partial charge on any atom is -0.468 e. The van der Waals surface area contributed by atoms with Crippen molar-refractivity contribution >= 4 is 11.8 Å². The van der Waals surface area contributed by atoms with E-state index in [9.17, 15) is 9.59 Å². The van der Waals surface area contributed by atoms with Crippen LogP contribution in [0.5, 0.6) is 11.5 Å². The SMILES string of the molecule is CCC(=CCCc1ccc2c(c1)OCO2)CCC1(C(=O)OC)CCCCC1=O. The molecule has 5 nitrogen and oxygen atoms in total. The van der Waals surface area contributed by atoms with Crippen LogP contribution in [0.3, 0.4) is 0 Å². The van der Waals surface area contributed by atoms with E-state index in [0.717, 1.165) is 50.0 Å². The molecule has 3 rings (SSSR count). The Morgan fingerprint density at radius 2 is 2.07 bits per heavy atom. The Balaban J connectivity index is 1.59. The summed E-state index contributed by atoms with van der Waals surface area (Å²) in [7, 11) is 1.38. The van der Waals surface area contributed by atoms with E-state index < -0.39 is 5.41 Å². The molecule has 1 aliphatic heterocycles. The lowest BCUT2D eigenvalue weighted by Gasteiger charge is -2.33. The van der Waals surface area contributed by atoms with Crippen molar-refractivity contribution in [3.8, 4) is 11.5 Å². The Hall–Kier alpha value is -2.30. The standard InChI is InChI=1S/C23H30O5/c1-3-17(7-6-8-18-10-11-19-20(15-18)28-16-27-19)12-14-23(22(25)26-2)13-5-4-9-21(23)24/h7,10-11,15H,3-6,8-9,12-14,16H2,1-2H3. The van der Waals surface area contributed by atoms with Crippen molar-refractivity contribution in [2.24, 2.45) is 5.41 Å². The number of methoxy groups -OCH3 is 1. The first-order chi connectivity index (χ1) is 13.6. The second kappa shape index (κ2) is 9.26. The van der Waals surface area contributed by atoms with Crippen molar-refractivity contribution in [1.29, 1.82) is 0 Å². The molecule has 0 N–H and O–H groups in total. The molecule has 1 fully saturated rings. The van der Waals surface area contributed by atoms with Crippen LogP contribution in [0.2, 0.25) is 0 Å². The summed E-state index contributed by atoms with van der Waals surface area (Å²) in [4.78, 5) is 25.0. The van der Waals surface area contributed by atoms with Gasteiger partial charge in [-0.15, -0.1) is 0 Å². The van der Waals surface area contributed by atoms with Gasteiger partial charge in [0.2, 0.25) is 6.79 Å². The highest BCUT2D eigenvalue weighted by atomic mass is 16.7. The van der Waals surface area contributed by atoms with E-state index in [1.54, 1.807) is 0 Å². The number of allylic oxidation sites excluding steroid dienone is 2. The van der Waals surface area contributed by atoms with Crippen molar-refractivity contribution in [3.05, 3.63) is 35.4 Å². The van der Waals surface area contributed by atoms with E-state index in [4.69, 9.17) is 14.2 Å². The minimum absolute atomic E-state index is 0.0569. The van der Waals surface area contributed by atoms with E-state index in [0.29, 0.717) is 26.1 Å². The fourth-order valence-corrected chi connectivity index (χ4v) is 4.21. The third-order valence-corrected chi connectivity index (χ3v) is 6.00. The summed E-state index contributed by atoms with van der Waals surface area (Å²) >= 11 is 0. The van der Waals surface area contributed by atoms with Gasteiger partial charge in [0.25, 0.3) is 0 Å². The normalized spacial score (nSPS) is 21.6. The molecule has 152 valence electrons. The molecule has 1 atom stereocenters. The number of carbonyl (C=O) groups excluding carboxylic acids is 2. The zero-order valence-corrected chi connectivity index (χ0v) is 16.9. The fraction of sp³-hybridized carbons (Fsp3) is 0.565. The first-order valence-corrected chi connectivity index (χ1v) is 10.3. The predicted molar refractivity (Wildman–Crippen MR) is 106 cm³/mol. The number of benzene rings is 1. The number of rotatable bonds is 8. The van der Waals surface area contributed by atoms with Crippen LogP contribution >= 0.6 is 0 Å². The molecule has 0 spiro atoms. The van der Waals surface area contributed by atoms with E-state index in [1.165, 1.54) is 18.2 Å². The zero-order valence-electron chi connectivity index (χ0n) is 16.9. The van der Waals surface area contributed by atoms with Gasteiger partial charge >= 0.3 is 5.97 Å². The Kier molecular flexibility index (Phi) is 6.76. The average Bonchev–Trinajstić information content (AvgIpc) is 3.19. The summed E-state index contributed by atoms with van der Waals surface area (Å²) in [5.41, 5.74) is 1.57. The first-order valence-electron chi connectivity index (χ1n) is 10.3. The maximum atomic E-state index is 12.6. The lowest BCUT2D eigenvalue weighted by atomic mass is 9.69. The van der Waals surface area contributed by atoms with Gasteiger partial charge in [0, 0.05) is 6.42 Å². The van der Waals surface area contributed by atoms with E-state index in [2.05, 4.69) is 19.1 Å². The number of carbonyl (C=O) groups is 2. The third kappa shape index (κ3) is 4.40. The van der Waals surface area contributed by atoms with Gasteiger partial charge in [-0.1, -0.05) is 31.1 Å². The number of hydrogen-bond donors (Lipinski definition) is 0. The second-order valence-electron chi connectivity index (χ2n) is 7.65. The zero-order chi connectivity index (χ0) is 20.0. The fourth-order valence-electron chi connectivity index (χ4n) is 4.21. The number of ketones is 1. The number of fused-ring (bicyclic) bond motifs is 1. The van der Waals surface area contributed by atoms with Crippen LogP contribution in [0.1, 0.15) is 63.9 Å². The van der Waals surface area contributed by atoms with Crippen molar-refractivity contribution in [2.45, 2.75) is 64.7 Å². The molecule has 1 heterocycles. The van der Waals surface area contributed by atoms with E-state index >= 15 is 0 Å². The highest BCUT2D eigenvalue weighted by molar-refractivity contribution is 6.04. The van der Waals surface area contributed by atoms with Gasteiger partial charge in [0.1, 0.15) is 11.2 Å². The van der Waals surface area contributed by atoms with Crippen LogP contribution in [0.15, 0.2) is 29.8 Å². The largest absolute Gasteiger partial charge is 0.468 e. The third-order valence-electron chi connectivity index (χ3n) is 6.00. The van der Waals surface area contributed by atoms with E-state index in [1.807, 2.05) is 12.1 Å². The molecule has 1 unspecified atom stereocenters. The van der Waals surface area contributed by atoms with Gasteiger partial charge in [-0.05, 0) is 62.6 Å². The topological polar surface area (TPSA) is 61.8 Å². The molecular weight excluding hydrogens is 356 g/mol. The average molecular weight is 386 g/mol. The molecule has 0 saturated heterocycles. The molecule has 28 heavy (non-hydrogen) atoms. The molecule has 5 heteroatoms.